The predicted octanol–water partition coefficient (Wildman–Crippen LogP) is 2.27. The third kappa shape index (κ3) is 2.46. The van der Waals surface area contributed by atoms with E-state index in [1.54, 1.807) is 19.0 Å². The molecule has 4 nitrogen and oxygen atoms in total. The second-order valence-electron chi connectivity index (χ2n) is 5.90. The van der Waals surface area contributed by atoms with Gasteiger partial charge in [-0.15, -0.1) is 11.3 Å². The van der Waals surface area contributed by atoms with Crippen LogP contribution in [0.3, 0.4) is 0 Å². The molecule has 1 aliphatic rings. The molecule has 100 valence electrons. The van der Waals surface area contributed by atoms with Gasteiger partial charge in [-0.1, -0.05) is 13.8 Å². The molecule has 1 fully saturated rings. The van der Waals surface area contributed by atoms with E-state index in [-0.39, 0.29) is 5.91 Å². The summed E-state index contributed by atoms with van der Waals surface area (Å²) in [7, 11) is 3.50. The van der Waals surface area contributed by atoms with Crippen molar-refractivity contribution < 1.29 is 4.79 Å². The number of hydrogen-bond acceptors (Lipinski definition) is 4. The number of nitrogen functional groups attached to an aromatic ring is 1. The number of nitrogens with two attached hydrogens (primary N) is 1. The minimum atomic E-state index is -0.0118. The molecule has 18 heavy (non-hydrogen) atoms. The highest BCUT2D eigenvalue weighted by molar-refractivity contribution is 7.18. The van der Waals surface area contributed by atoms with Gasteiger partial charge in [0.25, 0.3) is 5.91 Å². The van der Waals surface area contributed by atoms with Crippen molar-refractivity contribution in [1.29, 1.82) is 0 Å². The van der Waals surface area contributed by atoms with Gasteiger partial charge in [-0.2, -0.15) is 0 Å². The van der Waals surface area contributed by atoms with Crippen molar-refractivity contribution in [2.24, 2.45) is 5.41 Å². The first-order chi connectivity index (χ1) is 8.30. The SMILES string of the molecule is CN(C)C(=O)c1sc(N2CCC(C)(C)C2)cc1N. The molecule has 0 aliphatic carbocycles. The third-order valence-electron chi connectivity index (χ3n) is 3.34. The van der Waals surface area contributed by atoms with Crippen LogP contribution in [0.5, 0.6) is 0 Å². The van der Waals surface area contributed by atoms with Crippen LogP contribution in [0.1, 0.15) is 29.9 Å². The molecule has 0 aromatic carbocycles. The number of rotatable bonds is 2. The Bertz CT molecular complexity index is 465. The summed E-state index contributed by atoms with van der Waals surface area (Å²) in [5, 5.41) is 1.11. The van der Waals surface area contributed by atoms with Crippen molar-refractivity contribution in [1.82, 2.24) is 4.90 Å². The quantitative estimate of drug-likeness (QED) is 0.894. The van der Waals surface area contributed by atoms with Gasteiger partial charge in [0.2, 0.25) is 0 Å². The summed E-state index contributed by atoms with van der Waals surface area (Å²) in [6.07, 6.45) is 1.18. The Labute approximate surface area is 112 Å². The molecule has 0 bridgehead atoms. The van der Waals surface area contributed by atoms with Crippen LogP contribution >= 0.6 is 11.3 Å². The molecule has 5 heteroatoms. The standard InChI is InChI=1S/C13H21N3OS/c1-13(2)5-6-16(8-13)10-7-9(14)11(18-10)12(17)15(3)4/h7H,5-6,8,14H2,1-4H3. The molecule has 1 aromatic heterocycles. The Morgan fingerprint density at radius 2 is 2.17 bits per heavy atom. The number of carbonyl (C=O) groups excluding carboxylic acids is 1. The summed E-state index contributed by atoms with van der Waals surface area (Å²) in [5.74, 6) is -0.0118. The molecule has 0 radical (unpaired) electrons. The molecule has 1 aromatic rings. The van der Waals surface area contributed by atoms with E-state index in [1.807, 2.05) is 6.07 Å². The number of thiophene rings is 1. The monoisotopic (exact) mass is 267 g/mol. The second kappa shape index (κ2) is 4.46. The van der Waals surface area contributed by atoms with Crippen molar-refractivity contribution in [2.75, 3.05) is 37.8 Å². The van der Waals surface area contributed by atoms with Gasteiger partial charge < -0.3 is 15.5 Å². The molecular weight excluding hydrogens is 246 g/mol. The van der Waals surface area contributed by atoms with Crippen LogP contribution in [0, 0.1) is 5.41 Å². The molecule has 0 spiro atoms. The van der Waals surface area contributed by atoms with Gasteiger partial charge in [0.1, 0.15) is 4.88 Å². The average molecular weight is 267 g/mol. The zero-order valence-electron chi connectivity index (χ0n) is 11.5. The van der Waals surface area contributed by atoms with Gasteiger partial charge >= 0.3 is 0 Å². The molecule has 1 aliphatic heterocycles. The number of carbonyl (C=O) groups is 1. The van der Waals surface area contributed by atoms with E-state index < -0.39 is 0 Å². The van der Waals surface area contributed by atoms with E-state index in [9.17, 15) is 4.79 Å². The lowest BCUT2D eigenvalue weighted by Gasteiger charge is -2.19. The maximum Gasteiger partial charge on any atom is 0.265 e. The maximum atomic E-state index is 12.0. The molecular formula is C13H21N3OS. The van der Waals surface area contributed by atoms with Crippen LogP contribution in [-0.4, -0.2) is 38.0 Å². The van der Waals surface area contributed by atoms with E-state index >= 15 is 0 Å². The smallest absolute Gasteiger partial charge is 0.265 e. The lowest BCUT2D eigenvalue weighted by molar-refractivity contribution is 0.0833. The number of amides is 1. The van der Waals surface area contributed by atoms with Crippen molar-refractivity contribution in [3.63, 3.8) is 0 Å². The van der Waals surface area contributed by atoms with E-state index in [0.717, 1.165) is 18.1 Å². The lowest BCUT2D eigenvalue weighted by Crippen LogP contribution is -2.22. The fourth-order valence-electron chi connectivity index (χ4n) is 2.22. The normalized spacial score (nSPS) is 18.1. The summed E-state index contributed by atoms with van der Waals surface area (Å²) in [6, 6.07) is 1.93. The van der Waals surface area contributed by atoms with E-state index in [2.05, 4.69) is 18.7 Å². The molecule has 2 heterocycles. The van der Waals surface area contributed by atoms with Crippen molar-refractivity contribution in [3.8, 4) is 0 Å². The largest absolute Gasteiger partial charge is 0.397 e. The molecule has 1 amide bonds. The molecule has 2 N–H and O–H groups in total. The summed E-state index contributed by atoms with van der Waals surface area (Å²) in [4.78, 5) is 16.5. The van der Waals surface area contributed by atoms with Crippen LogP contribution in [0.15, 0.2) is 6.07 Å². The molecule has 0 atom stereocenters. The zero-order chi connectivity index (χ0) is 13.5. The first-order valence-corrected chi connectivity index (χ1v) is 6.98. The Morgan fingerprint density at radius 1 is 1.50 bits per heavy atom. The lowest BCUT2D eigenvalue weighted by atomic mass is 9.93. The van der Waals surface area contributed by atoms with E-state index in [4.69, 9.17) is 5.73 Å². The van der Waals surface area contributed by atoms with Gasteiger partial charge in [0, 0.05) is 27.2 Å². The molecule has 1 saturated heterocycles. The van der Waals surface area contributed by atoms with Crippen molar-refractivity contribution in [2.45, 2.75) is 20.3 Å². The van der Waals surface area contributed by atoms with Gasteiger partial charge in [-0.05, 0) is 17.9 Å². The van der Waals surface area contributed by atoms with Crippen molar-refractivity contribution in [3.05, 3.63) is 10.9 Å². The zero-order valence-corrected chi connectivity index (χ0v) is 12.3. The summed E-state index contributed by atoms with van der Waals surface area (Å²) in [6.45, 7) is 6.62. The summed E-state index contributed by atoms with van der Waals surface area (Å²) < 4.78 is 0. The fraction of sp³-hybridized carbons (Fsp3) is 0.615. The van der Waals surface area contributed by atoms with Gasteiger partial charge in [-0.3, -0.25) is 4.79 Å². The predicted molar refractivity (Wildman–Crippen MR) is 77.4 cm³/mol. The highest BCUT2D eigenvalue weighted by Crippen LogP contribution is 2.38. The van der Waals surface area contributed by atoms with E-state index in [1.165, 1.54) is 17.8 Å². The number of anilines is 2. The minimum absolute atomic E-state index is 0.0118. The van der Waals surface area contributed by atoms with Crippen LogP contribution in [0.25, 0.3) is 0 Å². The van der Waals surface area contributed by atoms with Gasteiger partial charge in [0.15, 0.2) is 0 Å². The summed E-state index contributed by atoms with van der Waals surface area (Å²) >= 11 is 1.50. The Morgan fingerprint density at radius 3 is 2.67 bits per heavy atom. The summed E-state index contributed by atoms with van der Waals surface area (Å²) in [5.41, 5.74) is 6.90. The third-order valence-corrected chi connectivity index (χ3v) is 4.54. The topological polar surface area (TPSA) is 49.6 Å². The molecule has 0 unspecified atom stereocenters. The molecule has 2 rings (SSSR count). The maximum absolute atomic E-state index is 12.0. The van der Waals surface area contributed by atoms with E-state index in [0.29, 0.717) is 16.0 Å². The van der Waals surface area contributed by atoms with Crippen molar-refractivity contribution >= 4 is 27.9 Å². The Balaban J connectivity index is 2.22. The van der Waals surface area contributed by atoms with Crippen LogP contribution in [0.4, 0.5) is 10.7 Å². The molecule has 0 saturated carbocycles. The average Bonchev–Trinajstić information content (AvgIpc) is 2.80. The fourth-order valence-corrected chi connectivity index (χ4v) is 3.34. The number of nitrogens with zero attached hydrogens (tertiary/aromatic N) is 2. The Kier molecular flexibility index (Phi) is 3.27. The number of hydrogen-bond donors (Lipinski definition) is 1. The second-order valence-corrected chi connectivity index (χ2v) is 6.94. The Hall–Kier alpha value is -1.23. The minimum Gasteiger partial charge on any atom is -0.397 e. The highest BCUT2D eigenvalue weighted by Gasteiger charge is 2.31. The first kappa shape index (κ1) is 13.2. The highest BCUT2D eigenvalue weighted by atomic mass is 32.1. The van der Waals surface area contributed by atoms with Gasteiger partial charge in [0.05, 0.1) is 10.7 Å². The first-order valence-electron chi connectivity index (χ1n) is 6.16. The van der Waals surface area contributed by atoms with Gasteiger partial charge in [-0.25, -0.2) is 0 Å². The van der Waals surface area contributed by atoms with Crippen LogP contribution in [0.2, 0.25) is 0 Å². The van der Waals surface area contributed by atoms with Crippen LogP contribution < -0.4 is 10.6 Å². The van der Waals surface area contributed by atoms with Crippen LogP contribution in [-0.2, 0) is 0 Å².